The minimum atomic E-state index is 0.0141. The highest BCUT2D eigenvalue weighted by atomic mass is 16.5. The first-order valence-corrected chi connectivity index (χ1v) is 9.00. The molecule has 0 saturated heterocycles. The molecule has 1 aliphatic rings. The molecule has 1 saturated carbocycles. The van der Waals surface area contributed by atoms with Crippen LogP contribution in [0.15, 0.2) is 61.5 Å². The summed E-state index contributed by atoms with van der Waals surface area (Å²) in [6.45, 7) is 4.66. The summed E-state index contributed by atoms with van der Waals surface area (Å²) in [6, 6.07) is 9.81. The minimum Gasteiger partial charge on any atom is -0.493 e. The normalized spacial score (nSPS) is 13.4. The predicted octanol–water partition coefficient (Wildman–Crippen LogP) is 3.86. The van der Waals surface area contributed by atoms with E-state index in [4.69, 9.17) is 9.47 Å². The summed E-state index contributed by atoms with van der Waals surface area (Å²) >= 11 is 0. The van der Waals surface area contributed by atoms with Crippen molar-refractivity contribution in [1.29, 1.82) is 0 Å². The smallest absolute Gasteiger partial charge is 0.247 e. The van der Waals surface area contributed by atoms with E-state index in [0.29, 0.717) is 30.7 Å². The molecule has 1 aliphatic carbocycles. The molecule has 0 atom stereocenters. The van der Waals surface area contributed by atoms with E-state index in [0.717, 1.165) is 24.0 Å². The lowest BCUT2D eigenvalue weighted by atomic mass is 10.1. The van der Waals surface area contributed by atoms with E-state index >= 15 is 0 Å². The molecule has 1 aromatic carbocycles. The molecule has 1 fully saturated rings. The lowest BCUT2D eigenvalue weighted by Gasteiger charge is -2.20. The first-order valence-electron chi connectivity index (χ1n) is 9.00. The molecular formula is C22H24N2O3. The number of rotatable bonds is 9. The summed E-state index contributed by atoms with van der Waals surface area (Å²) in [5, 5.41) is 0. The number of benzene rings is 1. The van der Waals surface area contributed by atoms with Crippen molar-refractivity contribution in [3.8, 4) is 11.5 Å². The molecule has 1 heterocycles. The van der Waals surface area contributed by atoms with Crippen LogP contribution in [-0.4, -0.2) is 35.5 Å². The van der Waals surface area contributed by atoms with Crippen LogP contribution in [0, 0.1) is 0 Å². The largest absolute Gasteiger partial charge is 0.493 e. The second kappa shape index (κ2) is 9.03. The quantitative estimate of drug-likeness (QED) is 0.501. The standard InChI is InChI=1S/C22H24N2O3/c1-3-14-27-20-8-4-17(15-21(20)26-2)5-9-22(25)24(19-6-7-19)16-18-10-12-23-13-11-18/h3-5,8-13,15,19H,1,6-7,14,16H2,2H3/b9-5+. The molecule has 1 aromatic heterocycles. The Morgan fingerprint density at radius 1 is 1.26 bits per heavy atom. The van der Waals surface area contributed by atoms with Gasteiger partial charge < -0.3 is 14.4 Å². The van der Waals surface area contributed by atoms with Gasteiger partial charge in [0.05, 0.1) is 7.11 Å². The molecule has 1 amide bonds. The molecule has 0 bridgehead atoms. The molecular weight excluding hydrogens is 340 g/mol. The summed E-state index contributed by atoms with van der Waals surface area (Å²) in [4.78, 5) is 18.7. The van der Waals surface area contributed by atoms with Crippen LogP contribution in [0.3, 0.4) is 0 Å². The van der Waals surface area contributed by atoms with E-state index < -0.39 is 0 Å². The first-order chi connectivity index (χ1) is 13.2. The fourth-order valence-electron chi connectivity index (χ4n) is 2.78. The lowest BCUT2D eigenvalue weighted by molar-refractivity contribution is -0.127. The van der Waals surface area contributed by atoms with Gasteiger partial charge in [-0.1, -0.05) is 18.7 Å². The summed E-state index contributed by atoms with van der Waals surface area (Å²) in [5.41, 5.74) is 1.97. The average Bonchev–Trinajstić information content (AvgIpc) is 3.54. The van der Waals surface area contributed by atoms with Crippen LogP contribution in [0.4, 0.5) is 0 Å². The van der Waals surface area contributed by atoms with Crippen molar-refractivity contribution in [2.75, 3.05) is 13.7 Å². The molecule has 0 spiro atoms. The van der Waals surface area contributed by atoms with Crippen LogP contribution in [0.1, 0.15) is 24.0 Å². The van der Waals surface area contributed by atoms with Crippen molar-refractivity contribution < 1.29 is 14.3 Å². The van der Waals surface area contributed by atoms with Gasteiger partial charge in [-0.2, -0.15) is 0 Å². The number of hydrogen-bond acceptors (Lipinski definition) is 4. The van der Waals surface area contributed by atoms with E-state index in [9.17, 15) is 4.79 Å². The Balaban J connectivity index is 1.69. The monoisotopic (exact) mass is 364 g/mol. The maximum absolute atomic E-state index is 12.7. The minimum absolute atomic E-state index is 0.0141. The van der Waals surface area contributed by atoms with Crippen molar-refractivity contribution in [1.82, 2.24) is 9.88 Å². The average molecular weight is 364 g/mol. The number of amides is 1. The Labute approximate surface area is 159 Å². The third-order valence-electron chi connectivity index (χ3n) is 4.34. The highest BCUT2D eigenvalue weighted by Gasteiger charge is 2.31. The predicted molar refractivity (Wildman–Crippen MR) is 106 cm³/mol. The molecule has 140 valence electrons. The maximum atomic E-state index is 12.7. The highest BCUT2D eigenvalue weighted by molar-refractivity contribution is 5.92. The van der Waals surface area contributed by atoms with Gasteiger partial charge in [0.15, 0.2) is 11.5 Å². The van der Waals surface area contributed by atoms with E-state index in [1.807, 2.05) is 41.3 Å². The lowest BCUT2D eigenvalue weighted by Crippen LogP contribution is -2.31. The molecule has 0 unspecified atom stereocenters. The molecule has 0 aliphatic heterocycles. The van der Waals surface area contributed by atoms with Gasteiger partial charge in [-0.15, -0.1) is 0 Å². The third kappa shape index (κ3) is 5.20. The summed E-state index contributed by atoms with van der Waals surface area (Å²) in [5.74, 6) is 1.29. The van der Waals surface area contributed by atoms with Gasteiger partial charge in [-0.25, -0.2) is 0 Å². The molecule has 2 aromatic rings. The SMILES string of the molecule is C=CCOc1ccc(/C=C/C(=O)N(Cc2ccncc2)C2CC2)cc1OC. The van der Waals surface area contributed by atoms with Gasteiger partial charge in [0.25, 0.3) is 0 Å². The molecule has 5 heteroatoms. The zero-order valence-electron chi connectivity index (χ0n) is 15.5. The molecule has 5 nitrogen and oxygen atoms in total. The number of carbonyl (C=O) groups excluding carboxylic acids is 1. The van der Waals surface area contributed by atoms with Gasteiger partial charge in [0, 0.05) is 31.1 Å². The number of nitrogens with zero attached hydrogens (tertiary/aromatic N) is 2. The van der Waals surface area contributed by atoms with E-state index in [1.54, 1.807) is 31.7 Å². The van der Waals surface area contributed by atoms with Gasteiger partial charge in [-0.3, -0.25) is 9.78 Å². The van der Waals surface area contributed by atoms with Crippen LogP contribution in [0.5, 0.6) is 11.5 Å². The molecule has 0 radical (unpaired) electrons. The number of ether oxygens (including phenoxy) is 2. The maximum Gasteiger partial charge on any atom is 0.247 e. The topological polar surface area (TPSA) is 51.7 Å². The molecule has 27 heavy (non-hydrogen) atoms. The van der Waals surface area contributed by atoms with E-state index in [2.05, 4.69) is 11.6 Å². The van der Waals surface area contributed by atoms with Crippen molar-refractivity contribution in [2.24, 2.45) is 0 Å². The van der Waals surface area contributed by atoms with Crippen molar-refractivity contribution in [2.45, 2.75) is 25.4 Å². The third-order valence-corrected chi connectivity index (χ3v) is 4.34. The second-order valence-corrected chi connectivity index (χ2v) is 6.40. The number of methoxy groups -OCH3 is 1. The van der Waals surface area contributed by atoms with Crippen LogP contribution in [0.2, 0.25) is 0 Å². The number of pyridine rings is 1. The van der Waals surface area contributed by atoms with Crippen molar-refractivity contribution in [3.63, 3.8) is 0 Å². The molecule has 0 N–H and O–H groups in total. The van der Waals surface area contributed by atoms with Gasteiger partial charge in [0.1, 0.15) is 6.61 Å². The van der Waals surface area contributed by atoms with Crippen LogP contribution in [-0.2, 0) is 11.3 Å². The fourth-order valence-corrected chi connectivity index (χ4v) is 2.78. The van der Waals surface area contributed by atoms with Crippen LogP contribution < -0.4 is 9.47 Å². The van der Waals surface area contributed by atoms with E-state index in [1.165, 1.54) is 0 Å². The Morgan fingerprint density at radius 3 is 2.70 bits per heavy atom. The zero-order chi connectivity index (χ0) is 19.1. The number of aromatic nitrogens is 1. The number of hydrogen-bond donors (Lipinski definition) is 0. The Hall–Kier alpha value is -3.08. The Morgan fingerprint density at radius 2 is 2.04 bits per heavy atom. The molecule has 3 rings (SSSR count). The summed E-state index contributed by atoms with van der Waals surface area (Å²) in [7, 11) is 1.60. The zero-order valence-corrected chi connectivity index (χ0v) is 15.5. The number of carbonyl (C=O) groups is 1. The van der Waals surface area contributed by atoms with Crippen LogP contribution >= 0.6 is 0 Å². The highest BCUT2D eigenvalue weighted by Crippen LogP contribution is 2.30. The Bertz CT molecular complexity index is 814. The van der Waals surface area contributed by atoms with Crippen molar-refractivity contribution in [3.05, 3.63) is 72.6 Å². The van der Waals surface area contributed by atoms with Gasteiger partial charge in [-0.05, 0) is 54.3 Å². The van der Waals surface area contributed by atoms with E-state index in [-0.39, 0.29) is 5.91 Å². The fraction of sp³-hybridized carbons (Fsp3) is 0.273. The summed E-state index contributed by atoms with van der Waals surface area (Å²) in [6.07, 6.45) is 10.7. The van der Waals surface area contributed by atoms with Gasteiger partial charge in [0.2, 0.25) is 5.91 Å². The summed E-state index contributed by atoms with van der Waals surface area (Å²) < 4.78 is 10.9. The second-order valence-electron chi connectivity index (χ2n) is 6.40. The first kappa shape index (κ1) is 18.7. The van der Waals surface area contributed by atoms with Crippen molar-refractivity contribution >= 4 is 12.0 Å². The van der Waals surface area contributed by atoms with Gasteiger partial charge >= 0.3 is 0 Å². The Kier molecular flexibility index (Phi) is 6.26. The van der Waals surface area contributed by atoms with Crippen LogP contribution in [0.25, 0.3) is 6.08 Å².